The van der Waals surface area contributed by atoms with Crippen molar-refractivity contribution in [1.82, 2.24) is 8.97 Å². The van der Waals surface area contributed by atoms with Crippen LogP contribution in [0.3, 0.4) is 0 Å². The van der Waals surface area contributed by atoms with E-state index >= 15 is 0 Å². The van der Waals surface area contributed by atoms with Gasteiger partial charge in [0.25, 0.3) is 0 Å². The molecule has 0 bridgehead atoms. The van der Waals surface area contributed by atoms with Crippen molar-refractivity contribution < 1.29 is 0 Å². The van der Waals surface area contributed by atoms with Crippen LogP contribution in [0.1, 0.15) is 22.3 Å². The highest BCUT2D eigenvalue weighted by Gasteiger charge is 2.21. The second kappa shape index (κ2) is 11.4. The van der Waals surface area contributed by atoms with E-state index in [9.17, 15) is 0 Å². The molecule has 11 rings (SSSR count). The van der Waals surface area contributed by atoms with Crippen molar-refractivity contribution >= 4 is 81.4 Å². The molecule has 0 saturated heterocycles. The molecule has 3 heterocycles. The van der Waals surface area contributed by atoms with E-state index in [4.69, 9.17) is 0 Å². The normalized spacial score (nSPS) is 12.1. The highest BCUT2D eigenvalue weighted by atomic mass is 15.0. The Bertz CT molecular complexity index is 3370. The number of benzene rings is 8. The van der Waals surface area contributed by atoms with Gasteiger partial charge in [-0.05, 0) is 121 Å². The number of aromatic nitrogens is 2. The van der Waals surface area contributed by atoms with E-state index in [1.54, 1.807) is 0 Å². The van der Waals surface area contributed by atoms with Gasteiger partial charge < -0.3 is 8.97 Å². The zero-order valence-corrected chi connectivity index (χ0v) is 30.9. The summed E-state index contributed by atoms with van der Waals surface area (Å²) >= 11 is 0. The molecule has 0 saturated carbocycles. The first-order chi connectivity index (χ1) is 26.4. The fourth-order valence-corrected chi connectivity index (χ4v) is 9.39. The Morgan fingerprint density at radius 2 is 0.778 bits per heavy atom. The van der Waals surface area contributed by atoms with E-state index in [0.717, 1.165) is 0 Å². The van der Waals surface area contributed by atoms with Crippen molar-refractivity contribution in [3.63, 3.8) is 0 Å². The number of hydrogen-bond acceptors (Lipinski definition) is 0. The predicted octanol–water partition coefficient (Wildman–Crippen LogP) is 14.3. The Balaban J connectivity index is 1.39. The summed E-state index contributed by atoms with van der Waals surface area (Å²) in [5.41, 5.74) is 14.8. The molecule has 0 N–H and O–H groups in total. The van der Waals surface area contributed by atoms with Crippen molar-refractivity contribution in [1.29, 1.82) is 0 Å². The van der Waals surface area contributed by atoms with E-state index in [-0.39, 0.29) is 0 Å². The fraction of sp³-hybridized carbons (Fsp3) is 0.0769. The molecule has 0 radical (unpaired) electrons. The molecular formula is C52H38N2. The van der Waals surface area contributed by atoms with Crippen LogP contribution in [0.5, 0.6) is 0 Å². The monoisotopic (exact) mass is 690 g/mol. The van der Waals surface area contributed by atoms with Crippen LogP contribution in [0.2, 0.25) is 0 Å². The van der Waals surface area contributed by atoms with Crippen molar-refractivity contribution in [3.8, 4) is 16.8 Å². The molecule has 0 aliphatic carbocycles. The number of nitrogens with zero attached hydrogens (tertiary/aromatic N) is 2. The summed E-state index contributed by atoms with van der Waals surface area (Å²) < 4.78 is 5.03. The lowest BCUT2D eigenvalue weighted by Crippen LogP contribution is -1.99. The van der Waals surface area contributed by atoms with E-state index in [1.807, 2.05) is 0 Å². The summed E-state index contributed by atoms with van der Waals surface area (Å²) in [6.45, 7) is 8.86. The highest BCUT2D eigenvalue weighted by Crippen LogP contribution is 2.44. The molecule has 0 aliphatic heterocycles. The quantitative estimate of drug-likeness (QED) is 0.171. The van der Waals surface area contributed by atoms with Crippen LogP contribution in [-0.2, 0) is 0 Å². The lowest BCUT2D eigenvalue weighted by molar-refractivity contribution is 1.17. The molecule has 0 fully saturated rings. The van der Waals surface area contributed by atoms with Gasteiger partial charge >= 0.3 is 0 Å². The topological polar surface area (TPSA) is 9.34 Å². The third kappa shape index (κ3) is 4.34. The fourth-order valence-electron chi connectivity index (χ4n) is 9.39. The molecule has 8 aromatic carbocycles. The lowest BCUT2D eigenvalue weighted by Gasteiger charge is -2.17. The van der Waals surface area contributed by atoms with Gasteiger partial charge in [0.2, 0.25) is 0 Å². The molecule has 0 spiro atoms. The molecule has 0 atom stereocenters. The summed E-state index contributed by atoms with van der Waals surface area (Å²) in [5.74, 6) is 0. The van der Waals surface area contributed by atoms with Crippen LogP contribution >= 0.6 is 0 Å². The van der Waals surface area contributed by atoms with Gasteiger partial charge in [-0.3, -0.25) is 0 Å². The Kier molecular flexibility index (Phi) is 6.55. The van der Waals surface area contributed by atoms with Gasteiger partial charge in [0, 0.05) is 37.9 Å². The molecule has 2 nitrogen and oxygen atoms in total. The number of hydrogen-bond donors (Lipinski definition) is 0. The van der Waals surface area contributed by atoms with Crippen LogP contribution in [-0.4, -0.2) is 8.97 Å². The zero-order chi connectivity index (χ0) is 36.2. The summed E-state index contributed by atoms with van der Waals surface area (Å²) in [4.78, 5) is 0. The van der Waals surface area contributed by atoms with E-state index in [2.05, 4.69) is 194 Å². The smallest absolute Gasteiger partial charge is 0.0620 e. The van der Waals surface area contributed by atoms with Crippen LogP contribution in [0, 0.1) is 27.7 Å². The molecule has 3 aromatic heterocycles. The maximum atomic E-state index is 2.54. The van der Waals surface area contributed by atoms with Gasteiger partial charge in [-0.2, -0.15) is 0 Å². The molecule has 11 aromatic rings. The third-order valence-electron chi connectivity index (χ3n) is 11.7. The first kappa shape index (κ1) is 30.9. The molecule has 0 amide bonds. The minimum absolute atomic E-state index is 1.20. The number of fused-ring (bicyclic) bond motifs is 13. The Morgan fingerprint density at radius 1 is 0.333 bits per heavy atom. The van der Waals surface area contributed by atoms with E-state index in [1.165, 1.54) is 121 Å². The number of aryl methyl sites for hydroxylation is 4. The number of rotatable bonds is 2. The minimum Gasteiger partial charge on any atom is -0.309 e. The molecular weight excluding hydrogens is 653 g/mol. The van der Waals surface area contributed by atoms with Crippen molar-refractivity contribution in [2.24, 2.45) is 0 Å². The number of para-hydroxylation sites is 1. The molecule has 54 heavy (non-hydrogen) atoms. The lowest BCUT2D eigenvalue weighted by atomic mass is 9.93. The van der Waals surface area contributed by atoms with Crippen LogP contribution < -0.4 is 0 Å². The van der Waals surface area contributed by atoms with Crippen molar-refractivity contribution in [3.05, 3.63) is 180 Å². The van der Waals surface area contributed by atoms with E-state index in [0.29, 0.717) is 0 Å². The minimum atomic E-state index is 1.20. The third-order valence-corrected chi connectivity index (χ3v) is 11.7. The first-order valence-corrected chi connectivity index (χ1v) is 18.9. The van der Waals surface area contributed by atoms with Gasteiger partial charge in [0.05, 0.1) is 33.3 Å². The van der Waals surface area contributed by atoms with Gasteiger partial charge in [0.15, 0.2) is 0 Å². The molecule has 256 valence electrons. The van der Waals surface area contributed by atoms with Gasteiger partial charge in [-0.25, -0.2) is 0 Å². The van der Waals surface area contributed by atoms with Crippen LogP contribution in [0.15, 0.2) is 158 Å². The summed E-state index contributed by atoms with van der Waals surface area (Å²) in [6, 6.07) is 59.4. The van der Waals surface area contributed by atoms with Crippen molar-refractivity contribution in [2.75, 3.05) is 0 Å². The maximum Gasteiger partial charge on any atom is 0.0620 e. The Morgan fingerprint density at radius 3 is 1.37 bits per heavy atom. The molecule has 2 heteroatoms. The molecule has 0 aliphatic rings. The average molecular weight is 691 g/mol. The largest absolute Gasteiger partial charge is 0.309 e. The predicted molar refractivity (Wildman–Crippen MR) is 232 cm³/mol. The van der Waals surface area contributed by atoms with Gasteiger partial charge in [-0.15, -0.1) is 0 Å². The SMILES string of the molecule is Cc1ccc2c(c1)c1cc(C)ccc1n2-c1cccc(C)c1-c1cc2c3ccccc3c3ccccc3c3ccccc3n3c4ccc(C)cc4c(c1)c23. The Hall–Kier alpha value is -6.64. The standard InChI is InChI=1S/C52H38N2/c1-31-20-23-47-41(26-31)42-27-32(2)21-24-48(42)53(47)50-19-11-12-34(4)51(50)35-29-44-39-16-8-6-14-37(39)36-13-5-7-15-38(36)40-17-9-10-18-46(40)54-49-25-22-33(3)28-43(49)45(30-35)52(44)54/h5-30H,1-4H3. The van der Waals surface area contributed by atoms with E-state index < -0.39 is 0 Å². The summed E-state index contributed by atoms with van der Waals surface area (Å²) in [6.07, 6.45) is 0. The summed E-state index contributed by atoms with van der Waals surface area (Å²) in [7, 11) is 0. The van der Waals surface area contributed by atoms with Crippen LogP contribution in [0.4, 0.5) is 0 Å². The van der Waals surface area contributed by atoms with Gasteiger partial charge in [-0.1, -0.05) is 114 Å². The first-order valence-electron chi connectivity index (χ1n) is 18.9. The van der Waals surface area contributed by atoms with Crippen molar-refractivity contribution in [2.45, 2.75) is 27.7 Å². The van der Waals surface area contributed by atoms with Crippen LogP contribution in [0.25, 0.3) is 98.3 Å². The zero-order valence-electron chi connectivity index (χ0n) is 30.9. The average Bonchev–Trinajstić information content (AvgIpc) is 3.69. The summed E-state index contributed by atoms with van der Waals surface area (Å²) in [5, 5.41) is 12.6. The highest BCUT2D eigenvalue weighted by molar-refractivity contribution is 6.26. The second-order valence-corrected chi connectivity index (χ2v) is 15.2. The van der Waals surface area contributed by atoms with Gasteiger partial charge in [0.1, 0.15) is 0 Å². The Labute approximate surface area is 313 Å². The maximum absolute atomic E-state index is 2.54. The molecule has 0 unspecified atom stereocenters. The second-order valence-electron chi connectivity index (χ2n) is 15.2.